The number of nitrogens with zero attached hydrogens (tertiary/aromatic N) is 2. The van der Waals surface area contributed by atoms with Crippen LogP contribution in [0.25, 0.3) is 11.3 Å². The zero-order valence-corrected chi connectivity index (χ0v) is 13.1. The van der Waals surface area contributed by atoms with Gasteiger partial charge in [-0.2, -0.15) is 4.98 Å². The number of aryl methyl sites for hydroxylation is 1. The van der Waals surface area contributed by atoms with Crippen LogP contribution in [0.15, 0.2) is 60.7 Å². The number of ether oxygens (including phenoxy) is 1. The Bertz CT molecular complexity index is 770. The van der Waals surface area contributed by atoms with Crippen LogP contribution >= 0.6 is 0 Å². The van der Waals surface area contributed by atoms with Crippen molar-refractivity contribution in [3.05, 3.63) is 72.1 Å². The average molecular weight is 305 g/mol. The summed E-state index contributed by atoms with van der Waals surface area (Å²) in [7, 11) is 0. The van der Waals surface area contributed by atoms with Crippen molar-refractivity contribution in [1.82, 2.24) is 9.97 Å². The first-order chi connectivity index (χ1) is 11.2. The van der Waals surface area contributed by atoms with Crippen LogP contribution < -0.4 is 10.5 Å². The summed E-state index contributed by atoms with van der Waals surface area (Å²) in [5.74, 6) is 1.98. The van der Waals surface area contributed by atoms with E-state index in [1.54, 1.807) is 0 Å². The molecule has 1 aromatic heterocycles. The zero-order chi connectivity index (χ0) is 16.1. The van der Waals surface area contributed by atoms with Gasteiger partial charge in [-0.1, -0.05) is 42.5 Å². The Hall–Kier alpha value is -2.72. The van der Waals surface area contributed by atoms with Crippen molar-refractivity contribution in [1.29, 1.82) is 0 Å². The second-order valence-corrected chi connectivity index (χ2v) is 5.29. The van der Waals surface area contributed by atoms with Crippen LogP contribution in [0.4, 0.5) is 0 Å². The van der Waals surface area contributed by atoms with Gasteiger partial charge in [-0.05, 0) is 37.6 Å². The van der Waals surface area contributed by atoms with Crippen molar-refractivity contribution in [3.63, 3.8) is 0 Å². The Kier molecular flexibility index (Phi) is 4.64. The molecule has 0 amide bonds. The van der Waals surface area contributed by atoms with Gasteiger partial charge in [0.05, 0.1) is 5.69 Å². The van der Waals surface area contributed by atoms with Crippen molar-refractivity contribution >= 4 is 0 Å². The molecule has 0 atom stereocenters. The van der Waals surface area contributed by atoms with Crippen molar-refractivity contribution < 1.29 is 4.74 Å². The highest BCUT2D eigenvalue weighted by Crippen LogP contribution is 2.25. The molecule has 0 aliphatic heterocycles. The molecule has 116 valence electrons. The van der Waals surface area contributed by atoms with E-state index in [0.717, 1.165) is 23.4 Å². The summed E-state index contributed by atoms with van der Waals surface area (Å²) < 4.78 is 5.87. The van der Waals surface area contributed by atoms with Crippen LogP contribution in [-0.4, -0.2) is 16.5 Å². The summed E-state index contributed by atoms with van der Waals surface area (Å²) in [5.41, 5.74) is 8.66. The third-order valence-electron chi connectivity index (χ3n) is 3.46. The molecule has 4 heteroatoms. The van der Waals surface area contributed by atoms with E-state index in [9.17, 15) is 0 Å². The molecule has 4 nitrogen and oxygen atoms in total. The van der Waals surface area contributed by atoms with Gasteiger partial charge in [0.15, 0.2) is 0 Å². The number of benzene rings is 2. The second-order valence-electron chi connectivity index (χ2n) is 5.29. The molecule has 2 aromatic carbocycles. The molecule has 0 fully saturated rings. The van der Waals surface area contributed by atoms with E-state index in [1.807, 2.05) is 67.6 Å². The molecule has 0 saturated carbocycles. The molecule has 0 saturated heterocycles. The minimum absolute atomic E-state index is 0.544. The topological polar surface area (TPSA) is 61.0 Å². The molecule has 0 radical (unpaired) electrons. The summed E-state index contributed by atoms with van der Waals surface area (Å²) in [4.78, 5) is 8.84. The molecule has 0 spiro atoms. The van der Waals surface area contributed by atoms with E-state index < -0.39 is 0 Å². The fourth-order valence-electron chi connectivity index (χ4n) is 2.36. The monoisotopic (exact) mass is 305 g/mol. The van der Waals surface area contributed by atoms with E-state index in [1.165, 1.54) is 5.56 Å². The molecular formula is C19H19N3O. The van der Waals surface area contributed by atoms with Gasteiger partial charge >= 0.3 is 0 Å². The van der Waals surface area contributed by atoms with Gasteiger partial charge < -0.3 is 10.5 Å². The molecule has 0 bridgehead atoms. The Balaban J connectivity index is 1.84. The summed E-state index contributed by atoms with van der Waals surface area (Å²) >= 11 is 0. The number of aromatic nitrogens is 2. The summed E-state index contributed by atoms with van der Waals surface area (Å²) in [6.45, 7) is 2.51. The van der Waals surface area contributed by atoms with Gasteiger partial charge in [0, 0.05) is 11.6 Å². The highest BCUT2D eigenvalue weighted by Gasteiger charge is 2.06. The SMILES string of the molecule is Cc1nc(Oc2ccc(CCN)cc2)cc(-c2ccccc2)n1. The van der Waals surface area contributed by atoms with Crippen molar-refractivity contribution in [2.45, 2.75) is 13.3 Å². The molecule has 0 aliphatic rings. The van der Waals surface area contributed by atoms with Crippen LogP contribution in [0.5, 0.6) is 11.6 Å². The van der Waals surface area contributed by atoms with Crippen LogP contribution in [0.3, 0.4) is 0 Å². The number of hydrogen-bond donors (Lipinski definition) is 1. The van der Waals surface area contributed by atoms with E-state index in [2.05, 4.69) is 9.97 Å². The lowest BCUT2D eigenvalue weighted by molar-refractivity contribution is 0.460. The first kappa shape index (κ1) is 15.2. The first-order valence-electron chi connectivity index (χ1n) is 7.62. The molecule has 1 heterocycles. The number of rotatable bonds is 5. The molecule has 2 N–H and O–H groups in total. The maximum Gasteiger partial charge on any atom is 0.223 e. The maximum absolute atomic E-state index is 5.87. The Morgan fingerprint density at radius 1 is 0.957 bits per heavy atom. The zero-order valence-electron chi connectivity index (χ0n) is 13.1. The van der Waals surface area contributed by atoms with E-state index in [4.69, 9.17) is 10.5 Å². The fourth-order valence-corrected chi connectivity index (χ4v) is 2.36. The van der Waals surface area contributed by atoms with Gasteiger partial charge in [0.1, 0.15) is 11.6 Å². The molecule has 23 heavy (non-hydrogen) atoms. The van der Waals surface area contributed by atoms with E-state index in [-0.39, 0.29) is 0 Å². The van der Waals surface area contributed by atoms with Crippen LogP contribution in [0, 0.1) is 6.92 Å². The van der Waals surface area contributed by atoms with Crippen LogP contribution in [0.1, 0.15) is 11.4 Å². The number of hydrogen-bond acceptors (Lipinski definition) is 4. The molecule has 3 aromatic rings. The standard InChI is InChI=1S/C19H19N3O/c1-14-21-18(16-5-3-2-4-6-16)13-19(22-14)23-17-9-7-15(8-10-17)11-12-20/h2-10,13H,11-12,20H2,1H3. The van der Waals surface area contributed by atoms with Gasteiger partial charge in [-0.15, -0.1) is 0 Å². The molecule has 0 aliphatic carbocycles. The van der Waals surface area contributed by atoms with Crippen LogP contribution in [-0.2, 0) is 6.42 Å². The number of nitrogens with two attached hydrogens (primary N) is 1. The Morgan fingerprint density at radius 3 is 2.39 bits per heavy atom. The summed E-state index contributed by atoms with van der Waals surface area (Å²) in [6.07, 6.45) is 0.866. The van der Waals surface area contributed by atoms with Gasteiger partial charge in [0.2, 0.25) is 5.88 Å². The normalized spacial score (nSPS) is 10.5. The van der Waals surface area contributed by atoms with Crippen molar-refractivity contribution in [2.24, 2.45) is 5.73 Å². The highest BCUT2D eigenvalue weighted by atomic mass is 16.5. The third kappa shape index (κ3) is 3.93. The molecule has 0 unspecified atom stereocenters. The van der Waals surface area contributed by atoms with Gasteiger partial charge in [0.25, 0.3) is 0 Å². The van der Waals surface area contributed by atoms with Crippen molar-refractivity contribution in [3.8, 4) is 22.9 Å². The maximum atomic E-state index is 5.87. The Morgan fingerprint density at radius 2 is 1.70 bits per heavy atom. The molecular weight excluding hydrogens is 286 g/mol. The summed E-state index contributed by atoms with van der Waals surface area (Å²) in [5, 5.41) is 0. The van der Waals surface area contributed by atoms with Gasteiger partial charge in [-0.25, -0.2) is 4.98 Å². The minimum atomic E-state index is 0.544. The lowest BCUT2D eigenvalue weighted by atomic mass is 10.1. The molecule has 3 rings (SSSR count). The second kappa shape index (κ2) is 7.03. The van der Waals surface area contributed by atoms with Gasteiger partial charge in [-0.3, -0.25) is 0 Å². The fraction of sp³-hybridized carbons (Fsp3) is 0.158. The highest BCUT2D eigenvalue weighted by molar-refractivity contribution is 5.59. The predicted molar refractivity (Wildman–Crippen MR) is 91.5 cm³/mol. The largest absolute Gasteiger partial charge is 0.439 e. The lowest BCUT2D eigenvalue weighted by Crippen LogP contribution is -2.02. The predicted octanol–water partition coefficient (Wildman–Crippen LogP) is 3.75. The van der Waals surface area contributed by atoms with Crippen LogP contribution in [0.2, 0.25) is 0 Å². The minimum Gasteiger partial charge on any atom is -0.439 e. The van der Waals surface area contributed by atoms with E-state index in [0.29, 0.717) is 18.2 Å². The summed E-state index contributed by atoms with van der Waals surface area (Å²) in [6, 6.07) is 19.8. The quantitative estimate of drug-likeness (QED) is 0.780. The first-order valence-corrected chi connectivity index (χ1v) is 7.62. The third-order valence-corrected chi connectivity index (χ3v) is 3.46. The van der Waals surface area contributed by atoms with Crippen molar-refractivity contribution in [2.75, 3.05) is 6.54 Å². The lowest BCUT2D eigenvalue weighted by Gasteiger charge is -2.08. The smallest absolute Gasteiger partial charge is 0.223 e. The average Bonchev–Trinajstić information content (AvgIpc) is 2.57. The van der Waals surface area contributed by atoms with E-state index >= 15 is 0 Å². The Labute approximate surface area is 136 Å².